The molecule has 0 amide bonds. The minimum atomic E-state index is -3.77. The van der Waals surface area contributed by atoms with Crippen molar-refractivity contribution in [1.29, 1.82) is 0 Å². The van der Waals surface area contributed by atoms with E-state index in [0.717, 1.165) is 5.56 Å². The number of hydrogen-bond donors (Lipinski definition) is 1. The van der Waals surface area contributed by atoms with Gasteiger partial charge in [-0.3, -0.25) is 4.79 Å². The first-order valence-electron chi connectivity index (χ1n) is 5.58. The summed E-state index contributed by atoms with van der Waals surface area (Å²) in [5.41, 5.74) is 1.08. The van der Waals surface area contributed by atoms with E-state index in [0.29, 0.717) is 19.3 Å². The van der Waals surface area contributed by atoms with Crippen LogP contribution in [0.5, 0.6) is 0 Å². The first-order chi connectivity index (χ1) is 7.98. The van der Waals surface area contributed by atoms with Crippen LogP contribution in [0.1, 0.15) is 30.7 Å². The van der Waals surface area contributed by atoms with Gasteiger partial charge >= 0.3 is 0 Å². The molecule has 2 rings (SSSR count). The van der Waals surface area contributed by atoms with E-state index in [4.69, 9.17) is 5.14 Å². The minimum absolute atomic E-state index is 0.109. The number of benzene rings is 1. The third kappa shape index (κ3) is 2.73. The molecule has 0 heterocycles. The van der Waals surface area contributed by atoms with Crippen LogP contribution in [0.15, 0.2) is 30.3 Å². The van der Waals surface area contributed by atoms with Gasteiger partial charge in [-0.05, 0) is 24.3 Å². The minimum Gasteiger partial charge on any atom is -0.298 e. The Kier molecular flexibility index (Phi) is 3.31. The molecule has 92 valence electrons. The average molecular weight is 253 g/mol. The number of hydrogen-bond acceptors (Lipinski definition) is 3. The standard InChI is InChI=1S/C12H15NO3S/c13-17(15,16)12-8-10(6-7-11(12)14)9-4-2-1-3-5-9/h1-5,10,12H,6-8H2,(H2,13,15,16). The zero-order valence-corrected chi connectivity index (χ0v) is 10.2. The third-order valence-electron chi connectivity index (χ3n) is 3.26. The van der Waals surface area contributed by atoms with Gasteiger partial charge in [0.15, 0.2) is 5.78 Å². The molecule has 0 radical (unpaired) electrons. The van der Waals surface area contributed by atoms with Gasteiger partial charge in [0, 0.05) is 6.42 Å². The van der Waals surface area contributed by atoms with E-state index < -0.39 is 15.3 Å². The normalized spacial score (nSPS) is 25.8. The second-order valence-corrected chi connectivity index (χ2v) is 6.17. The van der Waals surface area contributed by atoms with Gasteiger partial charge in [0.2, 0.25) is 10.0 Å². The molecule has 4 nitrogen and oxygen atoms in total. The lowest BCUT2D eigenvalue weighted by atomic mass is 9.83. The maximum Gasteiger partial charge on any atom is 0.219 e. The number of nitrogens with two attached hydrogens (primary N) is 1. The summed E-state index contributed by atoms with van der Waals surface area (Å²) in [4.78, 5) is 11.6. The Hall–Kier alpha value is -1.20. The highest BCUT2D eigenvalue weighted by Crippen LogP contribution is 2.33. The molecule has 1 aromatic rings. The van der Waals surface area contributed by atoms with Crippen LogP contribution in [0.2, 0.25) is 0 Å². The molecule has 5 heteroatoms. The first-order valence-corrected chi connectivity index (χ1v) is 7.18. The van der Waals surface area contributed by atoms with E-state index in [9.17, 15) is 13.2 Å². The summed E-state index contributed by atoms with van der Waals surface area (Å²) in [6, 6.07) is 9.66. The topological polar surface area (TPSA) is 77.2 Å². The summed E-state index contributed by atoms with van der Waals surface area (Å²) in [6.45, 7) is 0. The van der Waals surface area contributed by atoms with Crippen LogP contribution < -0.4 is 5.14 Å². The molecule has 0 aliphatic heterocycles. The number of sulfonamides is 1. The number of Topliss-reactive ketones (excluding diaryl/α,β-unsaturated/α-hetero) is 1. The van der Waals surface area contributed by atoms with Gasteiger partial charge < -0.3 is 0 Å². The molecular formula is C12H15NO3S. The Morgan fingerprint density at radius 2 is 1.82 bits per heavy atom. The summed E-state index contributed by atoms with van der Waals surface area (Å²) in [6.07, 6.45) is 1.30. The second-order valence-electron chi connectivity index (χ2n) is 4.43. The highest BCUT2D eigenvalue weighted by atomic mass is 32.2. The molecule has 0 bridgehead atoms. The van der Waals surface area contributed by atoms with Crippen molar-refractivity contribution in [2.45, 2.75) is 30.4 Å². The molecule has 2 atom stereocenters. The fraction of sp³-hybridized carbons (Fsp3) is 0.417. The van der Waals surface area contributed by atoms with Gasteiger partial charge in [-0.15, -0.1) is 0 Å². The molecule has 1 aliphatic carbocycles. The Labute approximate surface area is 101 Å². The number of carbonyl (C=O) groups is 1. The third-order valence-corrected chi connectivity index (χ3v) is 4.51. The molecule has 1 aromatic carbocycles. The van der Waals surface area contributed by atoms with E-state index in [1.165, 1.54) is 0 Å². The predicted octanol–water partition coefficient (Wildman–Crippen LogP) is 1.18. The van der Waals surface area contributed by atoms with Gasteiger partial charge in [0.25, 0.3) is 0 Å². The monoisotopic (exact) mass is 253 g/mol. The second kappa shape index (κ2) is 4.58. The number of carbonyl (C=O) groups excluding carboxylic acids is 1. The van der Waals surface area contributed by atoms with Crippen molar-refractivity contribution in [2.75, 3.05) is 0 Å². The smallest absolute Gasteiger partial charge is 0.219 e. The van der Waals surface area contributed by atoms with E-state index in [1.807, 2.05) is 30.3 Å². The van der Waals surface area contributed by atoms with Crippen LogP contribution in [0.3, 0.4) is 0 Å². The van der Waals surface area contributed by atoms with Gasteiger partial charge in [-0.1, -0.05) is 30.3 Å². The van der Waals surface area contributed by atoms with Crippen molar-refractivity contribution >= 4 is 15.8 Å². The lowest BCUT2D eigenvalue weighted by Gasteiger charge is -2.26. The first kappa shape index (κ1) is 12.3. The van der Waals surface area contributed by atoms with Crippen molar-refractivity contribution < 1.29 is 13.2 Å². The molecule has 0 aromatic heterocycles. The van der Waals surface area contributed by atoms with E-state index in [2.05, 4.69) is 0 Å². The van der Waals surface area contributed by atoms with Crippen LogP contribution in [-0.2, 0) is 14.8 Å². The van der Waals surface area contributed by atoms with Gasteiger partial charge in [0.1, 0.15) is 5.25 Å². The SMILES string of the molecule is NS(=O)(=O)C1CC(c2ccccc2)CCC1=O. The maximum absolute atomic E-state index is 11.6. The summed E-state index contributed by atoms with van der Waals surface area (Å²) < 4.78 is 22.7. The van der Waals surface area contributed by atoms with Crippen LogP contribution >= 0.6 is 0 Å². The number of rotatable bonds is 2. The highest BCUT2D eigenvalue weighted by molar-refractivity contribution is 7.90. The Morgan fingerprint density at radius 1 is 1.18 bits per heavy atom. The van der Waals surface area contributed by atoms with Crippen molar-refractivity contribution in [2.24, 2.45) is 5.14 Å². The molecule has 2 unspecified atom stereocenters. The number of primary sulfonamides is 1. The van der Waals surface area contributed by atoms with Crippen molar-refractivity contribution in [3.63, 3.8) is 0 Å². The van der Waals surface area contributed by atoms with E-state index in [1.54, 1.807) is 0 Å². The summed E-state index contributed by atoms with van der Waals surface area (Å²) >= 11 is 0. The van der Waals surface area contributed by atoms with Crippen LogP contribution in [0.25, 0.3) is 0 Å². The molecule has 2 N–H and O–H groups in total. The highest BCUT2D eigenvalue weighted by Gasteiger charge is 2.36. The lowest BCUT2D eigenvalue weighted by Crippen LogP contribution is -2.39. The van der Waals surface area contributed by atoms with Gasteiger partial charge in [-0.2, -0.15) is 0 Å². The summed E-state index contributed by atoms with van der Waals surface area (Å²) in [7, 11) is -3.77. The zero-order chi connectivity index (χ0) is 12.5. The quantitative estimate of drug-likeness (QED) is 0.859. The molecular weight excluding hydrogens is 238 g/mol. The van der Waals surface area contributed by atoms with Crippen molar-refractivity contribution in [3.8, 4) is 0 Å². The predicted molar refractivity (Wildman–Crippen MR) is 64.9 cm³/mol. The van der Waals surface area contributed by atoms with Crippen LogP contribution in [-0.4, -0.2) is 19.5 Å². The fourth-order valence-electron chi connectivity index (χ4n) is 2.33. The summed E-state index contributed by atoms with van der Waals surface area (Å²) in [5, 5.41) is 4.07. The zero-order valence-electron chi connectivity index (χ0n) is 9.37. The molecule has 1 saturated carbocycles. The molecule has 0 spiro atoms. The Bertz CT molecular complexity index is 510. The molecule has 1 aliphatic rings. The van der Waals surface area contributed by atoms with Crippen molar-refractivity contribution in [3.05, 3.63) is 35.9 Å². The Morgan fingerprint density at radius 3 is 2.41 bits per heavy atom. The van der Waals surface area contributed by atoms with Gasteiger partial charge in [0.05, 0.1) is 0 Å². The molecule has 1 fully saturated rings. The molecule has 0 saturated heterocycles. The largest absolute Gasteiger partial charge is 0.298 e. The van der Waals surface area contributed by atoms with Crippen LogP contribution in [0.4, 0.5) is 0 Å². The maximum atomic E-state index is 11.6. The molecule has 17 heavy (non-hydrogen) atoms. The Balaban J connectivity index is 2.22. The van der Waals surface area contributed by atoms with Gasteiger partial charge in [-0.25, -0.2) is 13.6 Å². The summed E-state index contributed by atoms with van der Waals surface area (Å²) in [5.74, 6) is -0.142. The van der Waals surface area contributed by atoms with Crippen molar-refractivity contribution in [1.82, 2.24) is 0 Å². The lowest BCUT2D eigenvalue weighted by molar-refractivity contribution is -0.120. The van der Waals surface area contributed by atoms with E-state index >= 15 is 0 Å². The average Bonchev–Trinajstić information content (AvgIpc) is 2.29. The number of ketones is 1. The van der Waals surface area contributed by atoms with E-state index in [-0.39, 0.29) is 11.7 Å². The fourth-order valence-corrected chi connectivity index (χ4v) is 3.32. The van der Waals surface area contributed by atoms with Crippen LogP contribution in [0, 0.1) is 0 Å².